The Labute approximate surface area is 112 Å². The van der Waals surface area contributed by atoms with Crippen LogP contribution in [-0.4, -0.2) is 5.11 Å². The zero-order valence-electron chi connectivity index (χ0n) is 11.7. The van der Waals surface area contributed by atoms with Gasteiger partial charge >= 0.3 is 5.63 Å². The van der Waals surface area contributed by atoms with E-state index in [1.807, 2.05) is 19.9 Å². The third-order valence-electron chi connectivity index (χ3n) is 3.65. The molecule has 1 aromatic carbocycles. The molecule has 0 fully saturated rings. The number of aryl methyl sites for hydroxylation is 2. The number of hydrogen-bond acceptors (Lipinski definition) is 3. The fraction of sp³-hybridized carbons (Fsp3) is 0.438. The van der Waals surface area contributed by atoms with E-state index in [1.54, 1.807) is 6.07 Å². The first kappa shape index (κ1) is 13.7. The van der Waals surface area contributed by atoms with Crippen molar-refractivity contribution >= 4 is 11.0 Å². The van der Waals surface area contributed by atoms with Crippen LogP contribution >= 0.6 is 0 Å². The average Bonchev–Trinajstić information content (AvgIpc) is 2.38. The van der Waals surface area contributed by atoms with E-state index in [0.29, 0.717) is 5.58 Å². The van der Waals surface area contributed by atoms with Crippen molar-refractivity contribution < 1.29 is 9.52 Å². The number of phenols is 1. The smallest absolute Gasteiger partial charge is 0.339 e. The number of aromatic hydroxyl groups is 1. The van der Waals surface area contributed by atoms with Crippen LogP contribution in [-0.2, 0) is 12.8 Å². The minimum Gasteiger partial charge on any atom is -0.508 e. The first-order valence-corrected chi connectivity index (χ1v) is 6.86. The molecule has 2 rings (SSSR count). The van der Waals surface area contributed by atoms with Crippen molar-refractivity contribution in [3.05, 3.63) is 39.2 Å². The van der Waals surface area contributed by atoms with Crippen LogP contribution in [0.4, 0.5) is 0 Å². The number of fused-ring (bicyclic) bond motifs is 1. The summed E-state index contributed by atoms with van der Waals surface area (Å²) in [5, 5.41) is 10.8. The predicted molar refractivity (Wildman–Crippen MR) is 76.9 cm³/mol. The van der Waals surface area contributed by atoms with E-state index < -0.39 is 0 Å². The topological polar surface area (TPSA) is 50.4 Å². The van der Waals surface area contributed by atoms with Crippen molar-refractivity contribution in [2.24, 2.45) is 0 Å². The van der Waals surface area contributed by atoms with Crippen LogP contribution in [0.15, 0.2) is 21.3 Å². The summed E-state index contributed by atoms with van der Waals surface area (Å²) in [6.45, 7) is 6.05. The van der Waals surface area contributed by atoms with E-state index in [0.717, 1.165) is 47.8 Å². The summed E-state index contributed by atoms with van der Waals surface area (Å²) in [6.07, 6.45) is 3.54. The van der Waals surface area contributed by atoms with Crippen LogP contribution in [0, 0.1) is 6.92 Å². The van der Waals surface area contributed by atoms with Gasteiger partial charge in [-0.25, -0.2) is 4.79 Å². The van der Waals surface area contributed by atoms with E-state index in [-0.39, 0.29) is 11.4 Å². The van der Waals surface area contributed by atoms with Crippen molar-refractivity contribution in [3.63, 3.8) is 0 Å². The molecule has 0 aliphatic carbocycles. The summed E-state index contributed by atoms with van der Waals surface area (Å²) in [6, 6.07) is 3.48. The molecule has 0 unspecified atom stereocenters. The Morgan fingerprint density at radius 1 is 1.26 bits per heavy atom. The molecule has 0 saturated carbocycles. The molecule has 102 valence electrons. The summed E-state index contributed by atoms with van der Waals surface area (Å²) in [5.41, 5.74) is 2.82. The van der Waals surface area contributed by atoms with E-state index in [1.165, 1.54) is 0 Å². The summed E-state index contributed by atoms with van der Waals surface area (Å²) in [7, 11) is 0. The first-order valence-electron chi connectivity index (χ1n) is 6.86. The lowest BCUT2D eigenvalue weighted by Gasteiger charge is -2.09. The minimum absolute atomic E-state index is 0.193. The van der Waals surface area contributed by atoms with Crippen LogP contribution in [0.25, 0.3) is 11.0 Å². The molecule has 0 aliphatic rings. The second-order valence-corrected chi connectivity index (χ2v) is 4.93. The Hall–Kier alpha value is -1.77. The zero-order chi connectivity index (χ0) is 14.0. The van der Waals surface area contributed by atoms with Crippen molar-refractivity contribution in [3.8, 4) is 5.75 Å². The van der Waals surface area contributed by atoms with Gasteiger partial charge in [0.05, 0.1) is 0 Å². The molecule has 19 heavy (non-hydrogen) atoms. The Bertz CT molecular complexity index is 653. The molecule has 3 heteroatoms. The van der Waals surface area contributed by atoms with Crippen LogP contribution < -0.4 is 5.63 Å². The van der Waals surface area contributed by atoms with Crippen molar-refractivity contribution in [2.45, 2.75) is 46.5 Å². The SMILES string of the molecule is CCCCc1c(C)c2cc(CC)c(O)cc2oc1=O. The molecule has 2 aromatic rings. The maximum absolute atomic E-state index is 12.0. The number of benzene rings is 1. The second-order valence-electron chi connectivity index (χ2n) is 4.93. The molecule has 0 atom stereocenters. The van der Waals surface area contributed by atoms with Gasteiger partial charge in [0.2, 0.25) is 0 Å². The molecule has 1 heterocycles. The maximum atomic E-state index is 12.0. The second kappa shape index (κ2) is 5.47. The van der Waals surface area contributed by atoms with Gasteiger partial charge < -0.3 is 9.52 Å². The third kappa shape index (κ3) is 2.50. The van der Waals surface area contributed by atoms with E-state index in [9.17, 15) is 9.90 Å². The fourth-order valence-electron chi connectivity index (χ4n) is 2.39. The van der Waals surface area contributed by atoms with Gasteiger partial charge in [0.1, 0.15) is 11.3 Å². The molecule has 0 bridgehead atoms. The third-order valence-corrected chi connectivity index (χ3v) is 3.65. The highest BCUT2D eigenvalue weighted by Crippen LogP contribution is 2.28. The number of unbranched alkanes of at least 4 members (excludes halogenated alkanes) is 1. The summed E-state index contributed by atoms with van der Waals surface area (Å²) >= 11 is 0. The summed E-state index contributed by atoms with van der Waals surface area (Å²) in [4.78, 5) is 12.0. The Balaban J connectivity index is 2.68. The van der Waals surface area contributed by atoms with Crippen molar-refractivity contribution in [1.29, 1.82) is 0 Å². The van der Waals surface area contributed by atoms with Gasteiger partial charge in [0.15, 0.2) is 0 Å². The van der Waals surface area contributed by atoms with Crippen molar-refractivity contribution in [2.75, 3.05) is 0 Å². The van der Waals surface area contributed by atoms with Crippen LogP contribution in [0.5, 0.6) is 5.75 Å². The Morgan fingerprint density at radius 2 is 2.00 bits per heavy atom. The lowest BCUT2D eigenvalue weighted by molar-refractivity contribution is 0.466. The van der Waals surface area contributed by atoms with Gasteiger partial charge in [-0.1, -0.05) is 20.3 Å². The molecular formula is C16H20O3. The molecule has 1 N–H and O–H groups in total. The summed E-state index contributed by atoms with van der Waals surface area (Å²) < 4.78 is 5.34. The van der Waals surface area contributed by atoms with Crippen LogP contribution in [0.3, 0.4) is 0 Å². The number of hydrogen-bond donors (Lipinski definition) is 1. The minimum atomic E-state index is -0.276. The monoisotopic (exact) mass is 260 g/mol. The lowest BCUT2D eigenvalue weighted by atomic mass is 9.99. The number of phenolic OH excluding ortho intramolecular Hbond substituents is 1. The molecule has 0 saturated heterocycles. The normalized spacial score (nSPS) is 11.1. The zero-order valence-corrected chi connectivity index (χ0v) is 11.7. The fourth-order valence-corrected chi connectivity index (χ4v) is 2.39. The van der Waals surface area contributed by atoms with Gasteiger partial charge in [-0.2, -0.15) is 0 Å². The van der Waals surface area contributed by atoms with Gasteiger partial charge in [0, 0.05) is 17.0 Å². The molecule has 0 aliphatic heterocycles. The molecule has 0 spiro atoms. The van der Waals surface area contributed by atoms with Gasteiger partial charge in [-0.05, 0) is 43.4 Å². The lowest BCUT2D eigenvalue weighted by Crippen LogP contribution is -2.10. The standard InChI is InChI=1S/C16H20O3/c1-4-6-7-12-10(3)13-8-11(5-2)14(17)9-15(13)19-16(12)18/h8-9,17H,4-7H2,1-3H3. The predicted octanol–water partition coefficient (Wildman–Crippen LogP) is 3.71. The summed E-state index contributed by atoms with van der Waals surface area (Å²) in [5.74, 6) is 0.193. The van der Waals surface area contributed by atoms with Gasteiger partial charge in [-0.15, -0.1) is 0 Å². The Morgan fingerprint density at radius 3 is 2.63 bits per heavy atom. The largest absolute Gasteiger partial charge is 0.508 e. The molecule has 0 radical (unpaired) electrons. The van der Waals surface area contributed by atoms with E-state index in [4.69, 9.17) is 4.42 Å². The molecule has 1 aromatic heterocycles. The molecular weight excluding hydrogens is 240 g/mol. The Kier molecular flexibility index (Phi) is 3.93. The number of rotatable bonds is 4. The van der Waals surface area contributed by atoms with Gasteiger partial charge in [0.25, 0.3) is 0 Å². The highest BCUT2D eigenvalue weighted by molar-refractivity contribution is 5.83. The van der Waals surface area contributed by atoms with Crippen LogP contribution in [0.1, 0.15) is 43.4 Å². The van der Waals surface area contributed by atoms with E-state index in [2.05, 4.69) is 6.92 Å². The highest BCUT2D eigenvalue weighted by atomic mass is 16.4. The highest BCUT2D eigenvalue weighted by Gasteiger charge is 2.13. The molecule has 0 amide bonds. The van der Waals surface area contributed by atoms with E-state index >= 15 is 0 Å². The van der Waals surface area contributed by atoms with Crippen molar-refractivity contribution in [1.82, 2.24) is 0 Å². The molecule has 3 nitrogen and oxygen atoms in total. The maximum Gasteiger partial charge on any atom is 0.339 e. The van der Waals surface area contributed by atoms with Crippen LogP contribution in [0.2, 0.25) is 0 Å². The average molecular weight is 260 g/mol. The van der Waals surface area contributed by atoms with Gasteiger partial charge in [-0.3, -0.25) is 0 Å². The first-order chi connectivity index (χ1) is 9.08. The quantitative estimate of drug-likeness (QED) is 0.852.